The Kier molecular flexibility index (Phi) is 1.93. The summed E-state index contributed by atoms with van der Waals surface area (Å²) in [6.07, 6.45) is 1.32. The number of hydrogen-bond donors (Lipinski definition) is 1. The summed E-state index contributed by atoms with van der Waals surface area (Å²) in [6.45, 7) is 1.42. The van der Waals surface area contributed by atoms with Crippen LogP contribution >= 0.6 is 0 Å². The number of carbonyl (C=O) groups is 2. The molecule has 1 aliphatic rings. The van der Waals surface area contributed by atoms with Gasteiger partial charge in [0, 0.05) is 17.3 Å². The second kappa shape index (κ2) is 3.10. The third kappa shape index (κ3) is 1.33. The summed E-state index contributed by atoms with van der Waals surface area (Å²) >= 11 is 0. The number of allylic oxidation sites excluding steroid dienone is 2. The lowest BCUT2D eigenvalue weighted by Crippen LogP contribution is -2.02. The Morgan fingerprint density at radius 2 is 2.07 bits per heavy atom. The SMILES string of the molecule is CC(=O)/C=C1/Nc2ccccc2C1=O. The number of para-hydroxylation sites is 1. The van der Waals surface area contributed by atoms with Crippen molar-refractivity contribution in [2.45, 2.75) is 6.92 Å². The van der Waals surface area contributed by atoms with Crippen molar-refractivity contribution in [2.75, 3.05) is 5.32 Å². The summed E-state index contributed by atoms with van der Waals surface area (Å²) in [5.41, 5.74) is 1.75. The Bertz CT molecular complexity index is 446. The predicted molar refractivity (Wildman–Crippen MR) is 53.2 cm³/mol. The summed E-state index contributed by atoms with van der Waals surface area (Å²) in [4.78, 5) is 22.5. The van der Waals surface area contributed by atoms with Crippen molar-refractivity contribution < 1.29 is 9.59 Å². The van der Waals surface area contributed by atoms with E-state index in [9.17, 15) is 9.59 Å². The molecule has 70 valence electrons. The number of Topliss-reactive ketones (excluding diaryl/α,β-unsaturated/α-hetero) is 1. The molecule has 0 aromatic heterocycles. The van der Waals surface area contributed by atoms with Gasteiger partial charge in [0.15, 0.2) is 5.78 Å². The van der Waals surface area contributed by atoms with E-state index in [4.69, 9.17) is 0 Å². The average Bonchev–Trinajstić information content (AvgIpc) is 2.44. The zero-order valence-electron chi connectivity index (χ0n) is 7.70. The van der Waals surface area contributed by atoms with Crippen LogP contribution in [0, 0.1) is 0 Å². The molecule has 1 aromatic carbocycles. The normalized spacial score (nSPS) is 16.6. The van der Waals surface area contributed by atoms with Gasteiger partial charge in [-0.05, 0) is 19.1 Å². The summed E-state index contributed by atoms with van der Waals surface area (Å²) in [7, 11) is 0. The van der Waals surface area contributed by atoms with E-state index in [-0.39, 0.29) is 11.6 Å². The van der Waals surface area contributed by atoms with Crippen LogP contribution in [0.3, 0.4) is 0 Å². The summed E-state index contributed by atoms with van der Waals surface area (Å²) in [5.74, 6) is -0.246. The molecule has 0 atom stereocenters. The first kappa shape index (κ1) is 8.69. The van der Waals surface area contributed by atoms with Crippen LogP contribution in [0.1, 0.15) is 17.3 Å². The van der Waals surface area contributed by atoms with Crippen molar-refractivity contribution in [1.29, 1.82) is 0 Å². The lowest BCUT2D eigenvalue weighted by molar-refractivity contribution is -0.112. The first-order valence-electron chi connectivity index (χ1n) is 4.31. The van der Waals surface area contributed by atoms with Crippen molar-refractivity contribution in [3.8, 4) is 0 Å². The van der Waals surface area contributed by atoms with Crippen molar-refractivity contribution in [2.24, 2.45) is 0 Å². The quantitative estimate of drug-likeness (QED) is 0.681. The van der Waals surface area contributed by atoms with Crippen molar-refractivity contribution in [1.82, 2.24) is 0 Å². The van der Waals surface area contributed by atoms with Crippen LogP contribution in [0.15, 0.2) is 36.0 Å². The highest BCUT2D eigenvalue weighted by Gasteiger charge is 2.23. The number of anilines is 1. The molecule has 0 saturated carbocycles. The predicted octanol–water partition coefficient (Wildman–Crippen LogP) is 1.77. The van der Waals surface area contributed by atoms with Gasteiger partial charge in [0.05, 0.1) is 5.70 Å². The molecule has 14 heavy (non-hydrogen) atoms. The van der Waals surface area contributed by atoms with Crippen molar-refractivity contribution in [3.05, 3.63) is 41.6 Å². The minimum atomic E-state index is -0.131. The average molecular weight is 187 g/mol. The van der Waals surface area contributed by atoms with Crippen LogP contribution in [0.4, 0.5) is 5.69 Å². The maximum atomic E-state index is 11.6. The number of ketones is 2. The largest absolute Gasteiger partial charge is 0.352 e. The molecule has 1 aliphatic heterocycles. The first-order chi connectivity index (χ1) is 6.68. The second-order valence-electron chi connectivity index (χ2n) is 3.17. The molecule has 0 saturated heterocycles. The van der Waals surface area contributed by atoms with Gasteiger partial charge in [-0.25, -0.2) is 0 Å². The van der Waals surface area contributed by atoms with Crippen LogP contribution in [0.2, 0.25) is 0 Å². The minimum absolute atomic E-state index is 0.115. The molecule has 0 unspecified atom stereocenters. The van der Waals surface area contributed by atoms with E-state index in [2.05, 4.69) is 5.32 Å². The van der Waals surface area contributed by atoms with Crippen LogP contribution in [-0.4, -0.2) is 11.6 Å². The van der Waals surface area contributed by atoms with Gasteiger partial charge in [-0.3, -0.25) is 9.59 Å². The molecule has 0 spiro atoms. The van der Waals surface area contributed by atoms with Crippen molar-refractivity contribution >= 4 is 17.3 Å². The number of carbonyl (C=O) groups excluding carboxylic acids is 2. The van der Waals surface area contributed by atoms with Gasteiger partial charge >= 0.3 is 0 Å². The van der Waals surface area contributed by atoms with E-state index in [1.165, 1.54) is 13.0 Å². The van der Waals surface area contributed by atoms with E-state index in [0.29, 0.717) is 11.3 Å². The molecule has 0 fully saturated rings. The lowest BCUT2D eigenvalue weighted by Gasteiger charge is -1.95. The van der Waals surface area contributed by atoms with E-state index in [1.54, 1.807) is 12.1 Å². The molecule has 3 heteroatoms. The van der Waals surface area contributed by atoms with Gasteiger partial charge in [0.2, 0.25) is 5.78 Å². The fourth-order valence-corrected chi connectivity index (χ4v) is 1.44. The maximum Gasteiger partial charge on any atom is 0.211 e. The van der Waals surface area contributed by atoms with Crippen LogP contribution in [0.5, 0.6) is 0 Å². The number of fused-ring (bicyclic) bond motifs is 1. The third-order valence-corrected chi connectivity index (χ3v) is 2.03. The number of nitrogens with one attached hydrogen (secondary N) is 1. The number of rotatable bonds is 1. The monoisotopic (exact) mass is 187 g/mol. The highest BCUT2D eigenvalue weighted by Crippen LogP contribution is 2.26. The molecule has 0 aliphatic carbocycles. The summed E-state index contributed by atoms with van der Waals surface area (Å²) in [6, 6.07) is 7.20. The Hall–Kier alpha value is -1.90. The third-order valence-electron chi connectivity index (χ3n) is 2.03. The van der Waals surface area contributed by atoms with Crippen LogP contribution < -0.4 is 5.32 Å². The zero-order valence-corrected chi connectivity index (χ0v) is 7.70. The molecule has 1 heterocycles. The number of hydrogen-bond acceptors (Lipinski definition) is 3. The van der Waals surface area contributed by atoms with Gasteiger partial charge in [0.25, 0.3) is 0 Å². The number of benzene rings is 1. The van der Waals surface area contributed by atoms with Gasteiger partial charge in [-0.15, -0.1) is 0 Å². The smallest absolute Gasteiger partial charge is 0.211 e. The minimum Gasteiger partial charge on any atom is -0.352 e. The molecular formula is C11H9NO2. The molecule has 1 N–H and O–H groups in total. The Labute approximate surface area is 81.4 Å². The fraction of sp³-hybridized carbons (Fsp3) is 0.0909. The molecule has 1 aromatic rings. The molecule has 0 radical (unpaired) electrons. The van der Waals surface area contributed by atoms with E-state index in [0.717, 1.165) is 5.69 Å². The highest BCUT2D eigenvalue weighted by atomic mass is 16.1. The Morgan fingerprint density at radius 3 is 2.71 bits per heavy atom. The highest BCUT2D eigenvalue weighted by molar-refractivity contribution is 6.20. The van der Waals surface area contributed by atoms with E-state index in [1.807, 2.05) is 12.1 Å². The Morgan fingerprint density at radius 1 is 1.36 bits per heavy atom. The molecule has 0 bridgehead atoms. The van der Waals surface area contributed by atoms with E-state index >= 15 is 0 Å². The van der Waals surface area contributed by atoms with E-state index < -0.39 is 0 Å². The maximum absolute atomic E-state index is 11.6. The summed E-state index contributed by atoms with van der Waals surface area (Å²) < 4.78 is 0. The molecule has 0 amide bonds. The van der Waals surface area contributed by atoms with Gasteiger partial charge in [-0.2, -0.15) is 0 Å². The Balaban J connectivity index is 2.44. The molecule has 2 rings (SSSR count). The van der Waals surface area contributed by atoms with Crippen molar-refractivity contribution in [3.63, 3.8) is 0 Å². The molecule has 3 nitrogen and oxygen atoms in total. The first-order valence-corrected chi connectivity index (χ1v) is 4.31. The summed E-state index contributed by atoms with van der Waals surface area (Å²) in [5, 5.41) is 2.91. The second-order valence-corrected chi connectivity index (χ2v) is 3.17. The fourth-order valence-electron chi connectivity index (χ4n) is 1.44. The van der Waals surface area contributed by atoms with Crippen LogP contribution in [0.25, 0.3) is 0 Å². The van der Waals surface area contributed by atoms with Gasteiger partial charge in [-0.1, -0.05) is 12.1 Å². The molecular weight excluding hydrogens is 178 g/mol. The van der Waals surface area contributed by atoms with Gasteiger partial charge < -0.3 is 5.32 Å². The van der Waals surface area contributed by atoms with Crippen LogP contribution in [-0.2, 0) is 4.79 Å². The lowest BCUT2D eigenvalue weighted by atomic mass is 10.1. The zero-order chi connectivity index (χ0) is 10.1. The topological polar surface area (TPSA) is 46.2 Å². The van der Waals surface area contributed by atoms with Gasteiger partial charge in [0.1, 0.15) is 0 Å². The standard InChI is InChI=1S/C11H9NO2/c1-7(13)6-10-11(14)8-4-2-3-5-9(8)12-10/h2-6,12H,1H3/b10-6+.